The van der Waals surface area contributed by atoms with Crippen molar-refractivity contribution in [2.45, 2.75) is 52.4 Å². The van der Waals surface area contributed by atoms with Crippen molar-refractivity contribution >= 4 is 11.7 Å². The minimum absolute atomic E-state index is 0.196. The van der Waals surface area contributed by atoms with E-state index in [1.165, 1.54) is 37.7 Å². The maximum absolute atomic E-state index is 12.7. The van der Waals surface area contributed by atoms with Gasteiger partial charge >= 0.3 is 5.97 Å². The van der Waals surface area contributed by atoms with Gasteiger partial charge in [0.15, 0.2) is 0 Å². The molecule has 0 aliphatic heterocycles. The zero-order valence-corrected chi connectivity index (χ0v) is 14.2. The van der Waals surface area contributed by atoms with E-state index in [1.54, 1.807) is 0 Å². The molecule has 1 aromatic carbocycles. The van der Waals surface area contributed by atoms with Gasteiger partial charge in [0.25, 0.3) is 0 Å². The third kappa shape index (κ3) is 2.82. The van der Waals surface area contributed by atoms with Crippen molar-refractivity contribution in [3.05, 3.63) is 35.4 Å². The molecule has 0 heterocycles. The van der Waals surface area contributed by atoms with Crippen LogP contribution in [0, 0.1) is 22.7 Å². The van der Waals surface area contributed by atoms with E-state index in [9.17, 15) is 4.79 Å². The number of nitrogens with one attached hydrogen (secondary N) is 1. The Morgan fingerprint density at radius 2 is 1.96 bits per heavy atom. The molecule has 3 nitrogen and oxygen atoms in total. The number of carbonyl (C=O) groups is 1. The van der Waals surface area contributed by atoms with Crippen LogP contribution in [0.15, 0.2) is 24.3 Å². The Morgan fingerprint density at radius 3 is 2.65 bits per heavy atom. The Bertz CT molecular complexity index is 603. The molecule has 23 heavy (non-hydrogen) atoms. The number of esters is 1. The predicted molar refractivity (Wildman–Crippen MR) is 91.8 cm³/mol. The van der Waals surface area contributed by atoms with E-state index < -0.39 is 5.92 Å². The van der Waals surface area contributed by atoms with Crippen molar-refractivity contribution in [3.63, 3.8) is 0 Å². The Kier molecular flexibility index (Phi) is 4.56. The highest BCUT2D eigenvalue weighted by Crippen LogP contribution is 2.50. The first kappa shape index (κ1) is 16.2. The van der Waals surface area contributed by atoms with Crippen molar-refractivity contribution in [2.24, 2.45) is 17.3 Å². The van der Waals surface area contributed by atoms with Gasteiger partial charge in [-0.1, -0.05) is 50.5 Å². The lowest BCUT2D eigenvalue weighted by Crippen LogP contribution is -2.50. The minimum atomic E-state index is -0.430. The number of hydrogen-bond donors (Lipinski definition) is 1. The topological polar surface area (TPSA) is 50.2 Å². The van der Waals surface area contributed by atoms with Gasteiger partial charge in [-0.05, 0) is 48.6 Å². The van der Waals surface area contributed by atoms with Crippen molar-refractivity contribution < 1.29 is 9.53 Å². The third-order valence-electron chi connectivity index (χ3n) is 5.89. The summed E-state index contributed by atoms with van der Waals surface area (Å²) in [4.78, 5) is 12.7. The third-order valence-corrected chi connectivity index (χ3v) is 5.89. The molecule has 3 heteroatoms. The summed E-state index contributed by atoms with van der Waals surface area (Å²) in [6, 6.07) is 8.09. The van der Waals surface area contributed by atoms with Crippen LogP contribution in [-0.2, 0) is 16.0 Å². The predicted octanol–water partition coefficient (Wildman–Crippen LogP) is 4.38. The van der Waals surface area contributed by atoms with Crippen LogP contribution in [0.25, 0.3) is 0 Å². The molecule has 0 saturated heterocycles. The molecule has 2 aliphatic carbocycles. The molecule has 0 amide bonds. The fraction of sp³-hybridized carbons (Fsp3) is 0.600. The SMILES string of the molecule is CCOC(=O)[C@H]1C(=N)c2ccccc2C[C@@]1(C)C1CCCCC1. The number of ether oxygens (including phenoxy) is 1. The summed E-state index contributed by atoms with van der Waals surface area (Å²) in [5.74, 6) is -0.139. The molecular weight excluding hydrogens is 286 g/mol. The Balaban J connectivity index is 2.03. The van der Waals surface area contributed by atoms with E-state index in [0.29, 0.717) is 18.2 Å². The molecule has 1 N–H and O–H groups in total. The first-order chi connectivity index (χ1) is 11.1. The normalized spacial score (nSPS) is 28.3. The summed E-state index contributed by atoms with van der Waals surface area (Å²) in [5.41, 5.74) is 2.40. The Hall–Kier alpha value is -1.64. The van der Waals surface area contributed by atoms with Crippen molar-refractivity contribution in [1.82, 2.24) is 0 Å². The van der Waals surface area contributed by atoms with Gasteiger partial charge in [0, 0.05) is 0 Å². The van der Waals surface area contributed by atoms with Crippen molar-refractivity contribution in [3.8, 4) is 0 Å². The number of rotatable bonds is 3. The first-order valence-electron chi connectivity index (χ1n) is 8.91. The molecule has 124 valence electrons. The van der Waals surface area contributed by atoms with Crippen molar-refractivity contribution in [2.75, 3.05) is 6.61 Å². The van der Waals surface area contributed by atoms with Gasteiger partial charge in [-0.25, -0.2) is 0 Å². The van der Waals surface area contributed by atoms with Crippen LogP contribution in [-0.4, -0.2) is 18.3 Å². The fourth-order valence-electron chi connectivity index (χ4n) is 4.69. The van der Waals surface area contributed by atoms with Gasteiger partial charge in [0.1, 0.15) is 5.92 Å². The maximum atomic E-state index is 12.7. The maximum Gasteiger partial charge on any atom is 0.315 e. The highest BCUT2D eigenvalue weighted by Gasteiger charge is 2.51. The molecule has 0 radical (unpaired) electrons. The summed E-state index contributed by atoms with van der Waals surface area (Å²) in [5, 5.41) is 8.71. The van der Waals surface area contributed by atoms with E-state index in [1.807, 2.05) is 25.1 Å². The van der Waals surface area contributed by atoms with Crippen LogP contribution in [0.3, 0.4) is 0 Å². The number of carbonyl (C=O) groups excluding carboxylic acids is 1. The summed E-state index contributed by atoms with van der Waals surface area (Å²) >= 11 is 0. The monoisotopic (exact) mass is 313 g/mol. The lowest BCUT2D eigenvalue weighted by molar-refractivity contribution is -0.151. The van der Waals surface area contributed by atoms with Gasteiger partial charge in [-0.15, -0.1) is 0 Å². The lowest BCUT2D eigenvalue weighted by atomic mass is 9.56. The Morgan fingerprint density at radius 1 is 1.26 bits per heavy atom. The average Bonchev–Trinajstić information content (AvgIpc) is 2.56. The molecule has 0 unspecified atom stereocenters. The van der Waals surface area contributed by atoms with Crippen LogP contribution in [0.1, 0.15) is 57.1 Å². The first-order valence-corrected chi connectivity index (χ1v) is 8.91. The summed E-state index contributed by atoms with van der Waals surface area (Å²) in [7, 11) is 0. The molecule has 3 rings (SSSR count). The van der Waals surface area contributed by atoms with Crippen molar-refractivity contribution in [1.29, 1.82) is 5.41 Å². The minimum Gasteiger partial charge on any atom is -0.465 e. The van der Waals surface area contributed by atoms with E-state index in [0.717, 1.165) is 12.0 Å². The molecule has 0 spiro atoms. The van der Waals surface area contributed by atoms with E-state index in [2.05, 4.69) is 13.0 Å². The smallest absolute Gasteiger partial charge is 0.315 e. The van der Waals surface area contributed by atoms with Gasteiger partial charge < -0.3 is 10.1 Å². The zero-order chi connectivity index (χ0) is 16.4. The quantitative estimate of drug-likeness (QED) is 0.842. The van der Waals surface area contributed by atoms with Crippen LogP contribution in [0.2, 0.25) is 0 Å². The highest BCUT2D eigenvalue weighted by molar-refractivity contribution is 6.12. The van der Waals surface area contributed by atoms with Crippen LogP contribution >= 0.6 is 0 Å². The summed E-state index contributed by atoms with van der Waals surface area (Å²) in [6.07, 6.45) is 6.99. The van der Waals surface area contributed by atoms with E-state index >= 15 is 0 Å². The second kappa shape index (κ2) is 6.46. The van der Waals surface area contributed by atoms with Crippen LogP contribution in [0.4, 0.5) is 0 Å². The highest BCUT2D eigenvalue weighted by atomic mass is 16.5. The number of fused-ring (bicyclic) bond motifs is 1. The lowest BCUT2D eigenvalue weighted by Gasteiger charge is -2.47. The number of hydrogen-bond acceptors (Lipinski definition) is 3. The fourth-order valence-corrected chi connectivity index (χ4v) is 4.69. The van der Waals surface area contributed by atoms with Gasteiger partial charge in [-0.3, -0.25) is 4.79 Å². The number of benzene rings is 1. The van der Waals surface area contributed by atoms with Gasteiger partial charge in [-0.2, -0.15) is 0 Å². The second-order valence-electron chi connectivity index (χ2n) is 7.27. The van der Waals surface area contributed by atoms with E-state index in [4.69, 9.17) is 10.1 Å². The summed E-state index contributed by atoms with van der Waals surface area (Å²) in [6.45, 7) is 4.44. The molecule has 0 aromatic heterocycles. The van der Waals surface area contributed by atoms with Crippen LogP contribution in [0.5, 0.6) is 0 Å². The molecular formula is C20H27NO2. The largest absolute Gasteiger partial charge is 0.465 e. The van der Waals surface area contributed by atoms with Gasteiger partial charge in [0.05, 0.1) is 12.3 Å². The van der Waals surface area contributed by atoms with Crippen LogP contribution < -0.4 is 0 Å². The summed E-state index contributed by atoms with van der Waals surface area (Å²) < 4.78 is 5.37. The van der Waals surface area contributed by atoms with E-state index in [-0.39, 0.29) is 11.4 Å². The van der Waals surface area contributed by atoms with Gasteiger partial charge in [0.2, 0.25) is 0 Å². The second-order valence-corrected chi connectivity index (χ2v) is 7.27. The standard InChI is InChI=1S/C20H27NO2/c1-3-23-19(22)17-18(21)16-12-8-7-9-14(16)13-20(17,2)15-10-5-4-6-11-15/h7-9,12,15,17,21H,3-6,10-11,13H2,1-2H3/t17-,20+/m1/s1. The zero-order valence-electron chi connectivity index (χ0n) is 14.2. The molecule has 1 fully saturated rings. The average molecular weight is 313 g/mol. The molecule has 1 saturated carbocycles. The molecule has 2 aliphatic rings. The molecule has 0 bridgehead atoms. The molecule has 2 atom stereocenters. The Labute approximate surface area is 138 Å². The molecule has 1 aromatic rings.